The summed E-state index contributed by atoms with van der Waals surface area (Å²) in [6.45, 7) is 19.9. The van der Waals surface area contributed by atoms with Gasteiger partial charge in [-0.25, -0.2) is 9.59 Å². The molecule has 11 heterocycles. The number of amides is 2. The Morgan fingerprint density at radius 3 is 1.44 bits per heavy atom. The van der Waals surface area contributed by atoms with Gasteiger partial charge in [0.2, 0.25) is 0 Å². The molecule has 0 aliphatic carbocycles. The van der Waals surface area contributed by atoms with Gasteiger partial charge in [-0.1, -0.05) is 104 Å². The van der Waals surface area contributed by atoms with E-state index in [0.29, 0.717) is 71.2 Å². The maximum absolute atomic E-state index is 12.9. The lowest BCUT2D eigenvalue weighted by Crippen LogP contribution is -2.43. The summed E-state index contributed by atoms with van der Waals surface area (Å²) in [7, 11) is 0.500. The van der Waals surface area contributed by atoms with Crippen LogP contribution in [0.5, 0.6) is 0 Å². The van der Waals surface area contributed by atoms with Gasteiger partial charge in [-0.05, 0) is 185 Å². The molecule has 3 saturated heterocycles. The Morgan fingerprint density at radius 1 is 0.567 bits per heavy atom. The summed E-state index contributed by atoms with van der Waals surface area (Å²) in [5, 5.41) is 11.9. The van der Waals surface area contributed by atoms with Gasteiger partial charge < -0.3 is 47.5 Å². The summed E-state index contributed by atoms with van der Waals surface area (Å²) in [5.74, 6) is 0. The SMILES string of the molecule is Brc1csc(C2OCCO2)c1.C1=NCCc2ccccc21.CC(C)(C)OC(=O)N1CCc2ccccc2C1c1csc(C2OCCO2)c1.CC(C)(C)OC(=O)N1CCc2ccccc2C1c1csc(C=O)c1.C[B]F.FF.c1ccc2c(c1)CCNC2c1csc(C2OCCO2)c1. The minimum atomic E-state index is -0.540. The lowest BCUT2D eigenvalue weighted by molar-refractivity contribution is -0.0415. The Kier molecular flexibility index (Phi) is 28.3. The molecule has 8 aromatic rings. The molecule has 7 aliphatic rings. The molecular formula is C73H82BBrF3N4O11S4. The molecule has 15 nitrogen and oxygen atoms in total. The van der Waals surface area contributed by atoms with E-state index in [1.807, 2.05) is 93.7 Å². The Hall–Kier alpha value is -6.39. The number of carbonyl (C=O) groups excluding carboxylic acids is 3. The second kappa shape index (κ2) is 36.6. The third-order valence-electron chi connectivity index (χ3n) is 15.9. The van der Waals surface area contributed by atoms with Crippen molar-refractivity contribution in [2.45, 2.75) is 122 Å². The first-order valence-corrected chi connectivity index (χ1v) is 36.5. The van der Waals surface area contributed by atoms with Crippen LogP contribution in [0.15, 0.2) is 152 Å². The van der Waals surface area contributed by atoms with Crippen LogP contribution in [0.25, 0.3) is 0 Å². The normalized spacial score (nSPS) is 18.6. The number of aliphatic imine (C=N–C) groups is 1. The number of rotatable bonds is 7. The molecule has 1 N–H and O–H groups in total. The summed E-state index contributed by atoms with van der Waals surface area (Å²) in [6.07, 6.45) is 5.49. The van der Waals surface area contributed by atoms with Gasteiger partial charge in [0, 0.05) is 51.4 Å². The number of nitrogens with zero attached hydrogens (tertiary/aromatic N) is 3. The number of hydrogen-bond donors (Lipinski definition) is 1. The number of hydrogen-bond acceptors (Lipinski definition) is 17. The Bertz CT molecular complexity index is 3820. The number of nitrogens with one attached hydrogen (secondary N) is 1. The smallest absolute Gasteiger partial charge is 0.411 e. The largest absolute Gasteiger partial charge is 0.444 e. The predicted molar refractivity (Wildman–Crippen MR) is 382 cm³/mol. The summed E-state index contributed by atoms with van der Waals surface area (Å²) >= 11 is 9.76. The average molecular weight is 1470 g/mol. The van der Waals surface area contributed by atoms with Gasteiger partial charge in [-0.15, -0.1) is 45.3 Å². The minimum Gasteiger partial charge on any atom is -0.444 e. The van der Waals surface area contributed by atoms with E-state index >= 15 is 0 Å². The minimum absolute atomic E-state index is 0.119. The lowest BCUT2D eigenvalue weighted by atomic mass is 9.89. The zero-order valence-electron chi connectivity index (χ0n) is 55.4. The lowest BCUT2D eigenvalue weighted by Gasteiger charge is -2.38. The van der Waals surface area contributed by atoms with Gasteiger partial charge in [0.25, 0.3) is 0 Å². The third kappa shape index (κ3) is 20.9. The van der Waals surface area contributed by atoms with Gasteiger partial charge in [-0.3, -0.25) is 19.6 Å². The molecular weight excluding hydrogens is 1380 g/mol. The van der Waals surface area contributed by atoms with Gasteiger partial charge in [0.1, 0.15) is 11.2 Å². The van der Waals surface area contributed by atoms with Gasteiger partial charge >= 0.3 is 19.7 Å². The Morgan fingerprint density at radius 2 is 0.979 bits per heavy atom. The van der Waals surface area contributed by atoms with Crippen LogP contribution >= 0.6 is 61.3 Å². The molecule has 515 valence electrons. The van der Waals surface area contributed by atoms with E-state index in [4.69, 9.17) is 47.0 Å². The van der Waals surface area contributed by atoms with Gasteiger partial charge in [-0.2, -0.15) is 0 Å². The molecule has 4 aromatic carbocycles. The van der Waals surface area contributed by atoms with Crippen LogP contribution in [0, 0.1) is 0 Å². The molecule has 3 unspecified atom stereocenters. The van der Waals surface area contributed by atoms with E-state index in [9.17, 15) is 18.7 Å². The van der Waals surface area contributed by atoms with Gasteiger partial charge in [0.05, 0.1) is 77.3 Å². The van der Waals surface area contributed by atoms with E-state index in [-0.39, 0.29) is 43.1 Å². The maximum atomic E-state index is 12.9. The van der Waals surface area contributed by atoms with Crippen molar-refractivity contribution in [3.63, 3.8) is 0 Å². The highest BCUT2D eigenvalue weighted by Crippen LogP contribution is 2.42. The molecule has 7 aliphatic heterocycles. The first kappa shape index (κ1) is 74.8. The second-order valence-electron chi connectivity index (χ2n) is 24.9. The third-order valence-corrected chi connectivity index (χ3v) is 20.4. The molecule has 2 amide bonds. The summed E-state index contributed by atoms with van der Waals surface area (Å²) in [4.78, 5) is 48.5. The zero-order chi connectivity index (χ0) is 68.9. The van der Waals surface area contributed by atoms with Crippen LogP contribution in [0.2, 0.25) is 6.82 Å². The van der Waals surface area contributed by atoms with Crippen molar-refractivity contribution < 1.29 is 65.7 Å². The number of thiophene rings is 4. The zero-order valence-corrected chi connectivity index (χ0v) is 60.3. The van der Waals surface area contributed by atoms with E-state index in [0.717, 1.165) is 81.5 Å². The monoisotopic (exact) mass is 1470 g/mol. The quantitative estimate of drug-likeness (QED) is 0.119. The van der Waals surface area contributed by atoms with E-state index in [2.05, 4.69) is 128 Å². The van der Waals surface area contributed by atoms with Crippen LogP contribution in [-0.2, 0) is 63.6 Å². The van der Waals surface area contributed by atoms with Gasteiger partial charge in [0.15, 0.2) is 25.2 Å². The molecule has 0 spiro atoms. The molecule has 24 heteroatoms. The highest BCUT2D eigenvalue weighted by Gasteiger charge is 2.38. The standard InChI is InChI=1S/C21H25NO4S.C19H21NO3S.C16H17NO2S.C9H9N.C7H7BrO2S.CH3BF.F2/c1-21(2,3)26-20(23)22-9-8-14-6-4-5-7-16(14)18(22)15-12-17(27-13-15)19-24-10-11-25-19;1-19(2,3)23-18(22)20-9-8-13-6-4-5-7-16(13)17(20)14-10-15(11-21)24-12-14;1-2-4-13-11(3-1)5-6-17-15(13)12-9-14(20-10-12)16-18-7-8-19-16;1-2-4-9-7-10-6-5-8(9)3-1;8-5-3-6(11-4-5)7-9-1-2-10-7;1-2-3;1-2/h4-7,12-13,18-19H,8-11H2,1-3H3;4-7,10-12,17H,8-9H2,1-3H3;1-4,9-10,15-17H,5-8H2;1-4,7H,5-6H2;3-4,7H,1-2H2;1H3;. The van der Waals surface area contributed by atoms with E-state index in [1.54, 1.807) is 38.9 Å². The Labute approximate surface area is 591 Å². The van der Waals surface area contributed by atoms with Crippen LogP contribution in [0.3, 0.4) is 0 Å². The highest BCUT2D eigenvalue weighted by molar-refractivity contribution is 9.10. The van der Waals surface area contributed by atoms with Crippen molar-refractivity contribution in [1.29, 1.82) is 0 Å². The number of ether oxygens (including phenoxy) is 8. The second-order valence-corrected chi connectivity index (χ2v) is 29.6. The van der Waals surface area contributed by atoms with Crippen molar-refractivity contribution in [3.05, 3.63) is 228 Å². The molecule has 97 heavy (non-hydrogen) atoms. The van der Waals surface area contributed by atoms with Crippen molar-refractivity contribution in [1.82, 2.24) is 15.1 Å². The first-order chi connectivity index (χ1) is 47.0. The molecule has 15 rings (SSSR count). The Balaban J connectivity index is 0.000000145. The first-order valence-electron chi connectivity index (χ1n) is 32.2. The molecule has 4 aromatic heterocycles. The number of carbonyl (C=O) groups is 3. The van der Waals surface area contributed by atoms with Crippen LogP contribution in [-0.4, -0.2) is 119 Å². The predicted octanol–water partition coefficient (Wildman–Crippen LogP) is 17.8. The average Bonchev–Trinajstić information content (AvgIpc) is 1.60. The summed E-state index contributed by atoms with van der Waals surface area (Å²) in [5.41, 5.74) is 12.6. The molecule has 0 saturated carbocycles. The topological polar surface area (TPSA) is 156 Å². The van der Waals surface area contributed by atoms with Crippen molar-refractivity contribution in [3.8, 4) is 0 Å². The van der Waals surface area contributed by atoms with E-state index < -0.39 is 11.2 Å². The summed E-state index contributed by atoms with van der Waals surface area (Å²) in [6, 6.07) is 41.7. The summed E-state index contributed by atoms with van der Waals surface area (Å²) < 4.78 is 71.6. The van der Waals surface area contributed by atoms with Crippen LogP contribution in [0.1, 0.15) is 164 Å². The van der Waals surface area contributed by atoms with E-state index in [1.165, 1.54) is 62.0 Å². The van der Waals surface area contributed by atoms with Crippen molar-refractivity contribution >= 4 is 93.5 Å². The number of benzene rings is 4. The fourth-order valence-electron chi connectivity index (χ4n) is 11.8. The van der Waals surface area contributed by atoms with Crippen molar-refractivity contribution in [2.24, 2.45) is 4.99 Å². The molecule has 0 bridgehead atoms. The molecule has 3 atom stereocenters. The number of aldehydes is 1. The fraction of sp³-hybridized carbons (Fsp3) is 0.397. The number of fused-ring (bicyclic) bond motifs is 4. The highest BCUT2D eigenvalue weighted by atomic mass is 79.9. The van der Waals surface area contributed by atoms with Crippen LogP contribution < -0.4 is 5.32 Å². The maximum Gasteiger partial charge on any atom is 0.411 e. The molecule has 1 radical (unpaired) electrons. The fourth-order valence-corrected chi connectivity index (χ4v) is 15.8. The number of halogens is 4. The van der Waals surface area contributed by atoms with Crippen molar-refractivity contribution in [2.75, 3.05) is 65.8 Å². The molecule has 3 fully saturated rings. The van der Waals surface area contributed by atoms with Crippen LogP contribution in [0.4, 0.5) is 23.1 Å².